The van der Waals surface area contributed by atoms with E-state index in [1.54, 1.807) is 12.1 Å². The summed E-state index contributed by atoms with van der Waals surface area (Å²) in [5, 5.41) is 25.6. The van der Waals surface area contributed by atoms with Crippen LogP contribution in [0.1, 0.15) is 32.6 Å². The van der Waals surface area contributed by atoms with Crippen molar-refractivity contribution in [2.24, 2.45) is 5.92 Å². The zero-order valence-corrected chi connectivity index (χ0v) is 21.5. The number of rotatable bonds is 5. The van der Waals surface area contributed by atoms with E-state index in [4.69, 9.17) is 0 Å². The molecule has 3 aliphatic heterocycles. The minimum Gasteiger partial charge on any atom is -0.507 e. The van der Waals surface area contributed by atoms with Crippen LogP contribution in [0.3, 0.4) is 0 Å². The number of hydrogen-bond acceptors (Lipinski definition) is 8. The van der Waals surface area contributed by atoms with Crippen LogP contribution in [0, 0.1) is 5.92 Å². The fourth-order valence-corrected chi connectivity index (χ4v) is 6.06. The molecule has 9 nitrogen and oxygen atoms in total. The summed E-state index contributed by atoms with van der Waals surface area (Å²) < 4.78 is 0. The number of anilines is 2. The minimum absolute atomic E-state index is 0.143. The molecular formula is C27H39N7O2. The van der Waals surface area contributed by atoms with E-state index < -0.39 is 0 Å². The molecule has 0 saturated carbocycles. The number of hydrogen-bond donors (Lipinski definition) is 3. The largest absolute Gasteiger partial charge is 0.507 e. The summed E-state index contributed by atoms with van der Waals surface area (Å²) in [7, 11) is 1.84. The van der Waals surface area contributed by atoms with Gasteiger partial charge in [-0.3, -0.25) is 4.79 Å². The Morgan fingerprint density at radius 1 is 1.06 bits per heavy atom. The molecule has 0 unspecified atom stereocenters. The van der Waals surface area contributed by atoms with Crippen molar-refractivity contribution in [3.63, 3.8) is 0 Å². The number of aromatic hydroxyl groups is 1. The van der Waals surface area contributed by atoms with E-state index in [1.807, 2.05) is 25.2 Å². The Morgan fingerprint density at radius 3 is 2.50 bits per heavy atom. The average molecular weight is 494 g/mol. The predicted octanol–water partition coefficient (Wildman–Crippen LogP) is 2.39. The summed E-state index contributed by atoms with van der Waals surface area (Å²) in [6, 6.07) is 10.00. The standard InChI is InChI=1S/C27H39N7O2/c1-19-18-33(27(36)20-9-13-32(14-10-20)21-7-11-29-12-8-21)15-16-34(19)24-17-23(30-31-26(24)28-2)22-5-3-4-6-25(22)35/h3-6,17,19-21,29,35H,7-16,18H2,1-2H3,(H,28,31)/t19-/m0/s1. The first-order valence-electron chi connectivity index (χ1n) is 13.4. The number of nitrogens with zero attached hydrogens (tertiary/aromatic N) is 5. The first-order chi connectivity index (χ1) is 17.5. The van der Waals surface area contributed by atoms with Crippen molar-refractivity contribution < 1.29 is 9.90 Å². The zero-order valence-electron chi connectivity index (χ0n) is 21.5. The SMILES string of the molecule is CNc1nnc(-c2ccccc2O)cc1N1CCN(C(=O)C2CCN(C3CCNCC3)CC2)C[C@@H]1C. The van der Waals surface area contributed by atoms with Crippen molar-refractivity contribution in [1.82, 2.24) is 25.3 Å². The molecule has 1 atom stereocenters. The second-order valence-electron chi connectivity index (χ2n) is 10.3. The van der Waals surface area contributed by atoms with Crippen LogP contribution in [-0.4, -0.2) is 96.0 Å². The molecule has 1 aromatic heterocycles. The smallest absolute Gasteiger partial charge is 0.225 e. The van der Waals surface area contributed by atoms with Crippen LogP contribution in [0.15, 0.2) is 30.3 Å². The number of benzene rings is 1. The molecule has 2 aromatic rings. The number of likely N-dealkylation sites (tertiary alicyclic amines) is 1. The lowest BCUT2D eigenvalue weighted by Crippen LogP contribution is -2.56. The van der Waals surface area contributed by atoms with Gasteiger partial charge in [-0.15, -0.1) is 10.2 Å². The Labute approximate surface area is 213 Å². The minimum atomic E-state index is 0.143. The van der Waals surface area contributed by atoms with E-state index in [0.717, 1.165) is 51.3 Å². The second kappa shape index (κ2) is 11.0. The van der Waals surface area contributed by atoms with Gasteiger partial charge in [0.05, 0.1) is 11.4 Å². The number of nitrogens with one attached hydrogen (secondary N) is 2. The van der Waals surface area contributed by atoms with Gasteiger partial charge >= 0.3 is 0 Å². The summed E-state index contributed by atoms with van der Waals surface area (Å²) in [5.74, 6) is 1.35. The number of piperazine rings is 1. The number of carbonyl (C=O) groups excluding carboxylic acids is 1. The van der Waals surface area contributed by atoms with Gasteiger partial charge < -0.3 is 30.4 Å². The second-order valence-corrected chi connectivity index (χ2v) is 10.3. The molecule has 0 bridgehead atoms. The molecule has 0 aliphatic carbocycles. The zero-order chi connectivity index (χ0) is 25.1. The maximum Gasteiger partial charge on any atom is 0.225 e. The number of carbonyl (C=O) groups is 1. The molecule has 0 radical (unpaired) electrons. The van der Waals surface area contributed by atoms with E-state index in [0.29, 0.717) is 42.1 Å². The molecule has 1 aromatic carbocycles. The van der Waals surface area contributed by atoms with E-state index in [1.165, 1.54) is 12.8 Å². The Bertz CT molecular complexity index is 1050. The molecule has 3 fully saturated rings. The lowest BCUT2D eigenvalue weighted by Gasteiger charge is -2.44. The third kappa shape index (κ3) is 5.13. The van der Waals surface area contributed by atoms with Gasteiger partial charge in [-0.25, -0.2) is 0 Å². The van der Waals surface area contributed by atoms with E-state index in [2.05, 4.69) is 42.5 Å². The molecule has 3 N–H and O–H groups in total. The maximum absolute atomic E-state index is 13.4. The lowest BCUT2D eigenvalue weighted by atomic mass is 9.92. The Morgan fingerprint density at radius 2 is 1.81 bits per heavy atom. The number of amides is 1. The normalized spacial score (nSPS) is 22.6. The van der Waals surface area contributed by atoms with Crippen molar-refractivity contribution >= 4 is 17.4 Å². The van der Waals surface area contributed by atoms with Crippen molar-refractivity contribution in [1.29, 1.82) is 0 Å². The first-order valence-corrected chi connectivity index (χ1v) is 13.4. The molecule has 9 heteroatoms. The van der Waals surface area contributed by atoms with Gasteiger partial charge in [-0.1, -0.05) is 12.1 Å². The van der Waals surface area contributed by atoms with Crippen LogP contribution in [0.5, 0.6) is 5.75 Å². The number of para-hydroxylation sites is 1. The van der Waals surface area contributed by atoms with Gasteiger partial charge in [0.1, 0.15) is 5.75 Å². The van der Waals surface area contributed by atoms with E-state index in [9.17, 15) is 9.90 Å². The third-order valence-corrected chi connectivity index (χ3v) is 8.14. The molecule has 4 heterocycles. The number of aromatic nitrogens is 2. The van der Waals surface area contributed by atoms with Crippen LogP contribution < -0.4 is 15.5 Å². The summed E-state index contributed by atoms with van der Waals surface area (Å²) in [6.45, 7) is 8.61. The number of phenols is 1. The summed E-state index contributed by atoms with van der Waals surface area (Å²) >= 11 is 0. The van der Waals surface area contributed by atoms with Gasteiger partial charge in [0.15, 0.2) is 5.82 Å². The monoisotopic (exact) mass is 493 g/mol. The Balaban J connectivity index is 1.23. The first kappa shape index (κ1) is 24.8. The van der Waals surface area contributed by atoms with Crippen molar-refractivity contribution in [2.75, 3.05) is 63.1 Å². The molecular weight excluding hydrogens is 454 g/mol. The summed E-state index contributed by atoms with van der Waals surface area (Å²) in [5.41, 5.74) is 2.24. The van der Waals surface area contributed by atoms with Crippen molar-refractivity contribution in [2.45, 2.75) is 44.7 Å². The molecule has 5 rings (SSSR count). The highest BCUT2D eigenvalue weighted by molar-refractivity contribution is 5.80. The van der Waals surface area contributed by atoms with Crippen LogP contribution >= 0.6 is 0 Å². The molecule has 0 spiro atoms. The molecule has 194 valence electrons. The summed E-state index contributed by atoms with van der Waals surface area (Å²) in [4.78, 5) is 20.4. The predicted molar refractivity (Wildman–Crippen MR) is 142 cm³/mol. The highest BCUT2D eigenvalue weighted by atomic mass is 16.3. The van der Waals surface area contributed by atoms with Gasteiger partial charge in [0, 0.05) is 50.2 Å². The van der Waals surface area contributed by atoms with Crippen molar-refractivity contribution in [3.05, 3.63) is 30.3 Å². The molecule has 3 saturated heterocycles. The van der Waals surface area contributed by atoms with Crippen LogP contribution in [0.4, 0.5) is 11.5 Å². The van der Waals surface area contributed by atoms with Gasteiger partial charge in [-0.05, 0) is 77.0 Å². The topological polar surface area (TPSA) is 96.9 Å². The van der Waals surface area contributed by atoms with Gasteiger partial charge in [-0.2, -0.15) is 0 Å². The molecule has 3 aliphatic rings. The molecule has 36 heavy (non-hydrogen) atoms. The van der Waals surface area contributed by atoms with Crippen LogP contribution in [0.2, 0.25) is 0 Å². The van der Waals surface area contributed by atoms with Gasteiger partial charge in [0.25, 0.3) is 0 Å². The van der Waals surface area contributed by atoms with Gasteiger partial charge in [0.2, 0.25) is 5.91 Å². The highest BCUT2D eigenvalue weighted by Crippen LogP contribution is 2.34. The highest BCUT2D eigenvalue weighted by Gasteiger charge is 2.35. The third-order valence-electron chi connectivity index (χ3n) is 8.14. The number of phenolic OH excluding ortho intramolecular Hbond substituents is 1. The quantitative estimate of drug-likeness (QED) is 0.584. The lowest BCUT2D eigenvalue weighted by molar-refractivity contribution is -0.138. The van der Waals surface area contributed by atoms with E-state index >= 15 is 0 Å². The molecule has 1 amide bonds. The fourth-order valence-electron chi connectivity index (χ4n) is 6.06. The maximum atomic E-state index is 13.4. The average Bonchev–Trinajstić information content (AvgIpc) is 2.93. The number of piperidine rings is 2. The Kier molecular flexibility index (Phi) is 7.57. The van der Waals surface area contributed by atoms with Crippen LogP contribution in [0.25, 0.3) is 11.3 Å². The van der Waals surface area contributed by atoms with E-state index in [-0.39, 0.29) is 17.7 Å². The van der Waals surface area contributed by atoms with Crippen LogP contribution in [-0.2, 0) is 4.79 Å². The van der Waals surface area contributed by atoms with Crippen molar-refractivity contribution in [3.8, 4) is 17.0 Å². The Hall–Kier alpha value is -2.91. The summed E-state index contributed by atoms with van der Waals surface area (Å²) in [6.07, 6.45) is 4.39. The fraction of sp³-hybridized carbons (Fsp3) is 0.593.